The summed E-state index contributed by atoms with van der Waals surface area (Å²) in [5.41, 5.74) is 4.02. The standard InChI is InChI=1S/C16H25NO/c1-12-4-5-13(2)16(10-12)17(3)11-14-6-8-15(18)9-7-14/h4-5,10,14-15,18H,6-9,11H2,1-3H3. The molecule has 1 aromatic rings. The number of benzene rings is 1. The van der Waals surface area contributed by atoms with E-state index in [0.717, 1.165) is 38.1 Å². The predicted molar refractivity (Wildman–Crippen MR) is 77.2 cm³/mol. The molecule has 1 N–H and O–H groups in total. The van der Waals surface area contributed by atoms with E-state index in [4.69, 9.17) is 0 Å². The molecule has 0 aromatic heterocycles. The number of aryl methyl sites for hydroxylation is 2. The van der Waals surface area contributed by atoms with E-state index in [1.807, 2.05) is 0 Å². The van der Waals surface area contributed by atoms with Gasteiger partial charge in [-0.05, 0) is 62.6 Å². The third-order valence-corrected chi connectivity index (χ3v) is 4.12. The van der Waals surface area contributed by atoms with Crippen molar-refractivity contribution in [3.8, 4) is 0 Å². The summed E-state index contributed by atoms with van der Waals surface area (Å²) in [5, 5.41) is 9.55. The van der Waals surface area contributed by atoms with Crippen LogP contribution in [0.2, 0.25) is 0 Å². The second kappa shape index (κ2) is 5.75. The van der Waals surface area contributed by atoms with E-state index in [2.05, 4.69) is 44.0 Å². The highest BCUT2D eigenvalue weighted by molar-refractivity contribution is 5.54. The minimum absolute atomic E-state index is 0.0488. The molecule has 0 bridgehead atoms. The SMILES string of the molecule is Cc1ccc(C)c(N(C)CC2CCC(O)CC2)c1. The Morgan fingerprint density at radius 1 is 1.17 bits per heavy atom. The summed E-state index contributed by atoms with van der Waals surface area (Å²) in [6, 6.07) is 6.64. The Kier molecular flexibility index (Phi) is 4.28. The summed E-state index contributed by atoms with van der Waals surface area (Å²) >= 11 is 0. The highest BCUT2D eigenvalue weighted by atomic mass is 16.3. The summed E-state index contributed by atoms with van der Waals surface area (Å²) in [7, 11) is 2.19. The Hall–Kier alpha value is -1.02. The molecular weight excluding hydrogens is 222 g/mol. The molecule has 0 atom stereocenters. The van der Waals surface area contributed by atoms with Crippen molar-refractivity contribution < 1.29 is 5.11 Å². The molecule has 1 aliphatic carbocycles. The molecule has 2 rings (SSSR count). The number of hydrogen-bond acceptors (Lipinski definition) is 2. The monoisotopic (exact) mass is 247 g/mol. The Morgan fingerprint density at radius 2 is 1.83 bits per heavy atom. The van der Waals surface area contributed by atoms with Crippen LogP contribution in [0, 0.1) is 19.8 Å². The van der Waals surface area contributed by atoms with E-state index in [1.165, 1.54) is 16.8 Å². The van der Waals surface area contributed by atoms with Crippen molar-refractivity contribution in [1.29, 1.82) is 0 Å². The number of aliphatic hydroxyl groups is 1. The van der Waals surface area contributed by atoms with Gasteiger partial charge in [0.05, 0.1) is 6.10 Å². The fourth-order valence-corrected chi connectivity index (χ4v) is 2.94. The van der Waals surface area contributed by atoms with Crippen molar-refractivity contribution in [2.24, 2.45) is 5.92 Å². The van der Waals surface area contributed by atoms with E-state index in [9.17, 15) is 5.11 Å². The average Bonchev–Trinajstić information content (AvgIpc) is 2.35. The van der Waals surface area contributed by atoms with Crippen LogP contribution in [-0.2, 0) is 0 Å². The van der Waals surface area contributed by atoms with Crippen molar-refractivity contribution >= 4 is 5.69 Å². The molecule has 18 heavy (non-hydrogen) atoms. The molecular formula is C16H25NO. The second-order valence-electron chi connectivity index (χ2n) is 5.85. The van der Waals surface area contributed by atoms with E-state index >= 15 is 0 Å². The third-order valence-electron chi connectivity index (χ3n) is 4.12. The quantitative estimate of drug-likeness (QED) is 0.886. The minimum Gasteiger partial charge on any atom is -0.393 e. The second-order valence-corrected chi connectivity index (χ2v) is 5.85. The fraction of sp³-hybridized carbons (Fsp3) is 0.625. The predicted octanol–water partition coefficient (Wildman–Crippen LogP) is 3.29. The summed E-state index contributed by atoms with van der Waals surface area (Å²) in [5.74, 6) is 0.735. The molecule has 0 amide bonds. The zero-order valence-corrected chi connectivity index (χ0v) is 11.8. The smallest absolute Gasteiger partial charge is 0.0540 e. The van der Waals surface area contributed by atoms with Gasteiger partial charge in [-0.2, -0.15) is 0 Å². The van der Waals surface area contributed by atoms with Crippen molar-refractivity contribution in [3.05, 3.63) is 29.3 Å². The van der Waals surface area contributed by atoms with Gasteiger partial charge in [0.2, 0.25) is 0 Å². The largest absolute Gasteiger partial charge is 0.393 e. The van der Waals surface area contributed by atoms with Crippen LogP contribution in [0.3, 0.4) is 0 Å². The van der Waals surface area contributed by atoms with E-state index in [-0.39, 0.29) is 6.10 Å². The van der Waals surface area contributed by atoms with Gasteiger partial charge >= 0.3 is 0 Å². The highest BCUT2D eigenvalue weighted by Gasteiger charge is 2.21. The number of nitrogens with zero attached hydrogens (tertiary/aromatic N) is 1. The molecule has 1 aliphatic rings. The summed E-state index contributed by atoms with van der Waals surface area (Å²) in [6.45, 7) is 5.43. The molecule has 100 valence electrons. The van der Waals surface area contributed by atoms with Crippen LogP contribution in [-0.4, -0.2) is 24.8 Å². The van der Waals surface area contributed by atoms with Gasteiger partial charge in [0.15, 0.2) is 0 Å². The van der Waals surface area contributed by atoms with E-state index < -0.39 is 0 Å². The first-order valence-corrected chi connectivity index (χ1v) is 7.02. The zero-order valence-electron chi connectivity index (χ0n) is 11.8. The molecule has 0 aliphatic heterocycles. The minimum atomic E-state index is -0.0488. The molecule has 1 aromatic carbocycles. The van der Waals surface area contributed by atoms with Crippen LogP contribution >= 0.6 is 0 Å². The maximum absolute atomic E-state index is 9.55. The molecule has 1 fully saturated rings. The third kappa shape index (κ3) is 3.26. The lowest BCUT2D eigenvalue weighted by Gasteiger charge is -2.31. The lowest BCUT2D eigenvalue weighted by atomic mass is 9.87. The molecule has 1 saturated carbocycles. The Labute approximate surface area is 111 Å². The Bertz CT molecular complexity index is 394. The fourth-order valence-electron chi connectivity index (χ4n) is 2.94. The van der Waals surface area contributed by atoms with Crippen LogP contribution in [0.25, 0.3) is 0 Å². The van der Waals surface area contributed by atoms with Gasteiger partial charge in [-0.15, -0.1) is 0 Å². The van der Waals surface area contributed by atoms with Crippen molar-refractivity contribution in [2.45, 2.75) is 45.6 Å². The molecule has 0 unspecified atom stereocenters. The molecule has 2 heteroatoms. The Balaban J connectivity index is 1.98. The summed E-state index contributed by atoms with van der Waals surface area (Å²) in [4.78, 5) is 2.38. The molecule has 0 radical (unpaired) electrons. The first kappa shape index (κ1) is 13.4. The van der Waals surface area contributed by atoms with E-state index in [1.54, 1.807) is 0 Å². The van der Waals surface area contributed by atoms with Gasteiger partial charge in [-0.25, -0.2) is 0 Å². The number of anilines is 1. The van der Waals surface area contributed by atoms with Gasteiger partial charge in [0.1, 0.15) is 0 Å². The van der Waals surface area contributed by atoms with Crippen LogP contribution < -0.4 is 4.90 Å². The Morgan fingerprint density at radius 3 is 2.50 bits per heavy atom. The summed E-state index contributed by atoms with van der Waals surface area (Å²) < 4.78 is 0. The van der Waals surface area contributed by atoms with Crippen LogP contribution in [0.4, 0.5) is 5.69 Å². The van der Waals surface area contributed by atoms with Crippen LogP contribution in [0.5, 0.6) is 0 Å². The van der Waals surface area contributed by atoms with Gasteiger partial charge in [-0.1, -0.05) is 12.1 Å². The first-order chi connectivity index (χ1) is 8.56. The van der Waals surface area contributed by atoms with Crippen LogP contribution in [0.1, 0.15) is 36.8 Å². The van der Waals surface area contributed by atoms with Crippen LogP contribution in [0.15, 0.2) is 18.2 Å². The van der Waals surface area contributed by atoms with Crippen molar-refractivity contribution in [3.63, 3.8) is 0 Å². The number of rotatable bonds is 3. The molecule has 2 nitrogen and oxygen atoms in total. The van der Waals surface area contributed by atoms with Gasteiger partial charge in [0, 0.05) is 19.3 Å². The first-order valence-electron chi connectivity index (χ1n) is 7.02. The van der Waals surface area contributed by atoms with Gasteiger partial charge in [-0.3, -0.25) is 0 Å². The van der Waals surface area contributed by atoms with Gasteiger partial charge in [0.25, 0.3) is 0 Å². The molecule has 0 spiro atoms. The topological polar surface area (TPSA) is 23.5 Å². The summed E-state index contributed by atoms with van der Waals surface area (Å²) in [6.07, 6.45) is 4.23. The lowest BCUT2D eigenvalue weighted by Crippen LogP contribution is -2.30. The lowest BCUT2D eigenvalue weighted by molar-refractivity contribution is 0.110. The number of aliphatic hydroxyl groups excluding tert-OH is 1. The molecule has 0 heterocycles. The van der Waals surface area contributed by atoms with Crippen molar-refractivity contribution in [2.75, 3.05) is 18.5 Å². The number of hydrogen-bond donors (Lipinski definition) is 1. The normalized spacial score (nSPS) is 24.0. The van der Waals surface area contributed by atoms with Gasteiger partial charge < -0.3 is 10.0 Å². The zero-order chi connectivity index (χ0) is 13.1. The molecule has 0 saturated heterocycles. The maximum atomic E-state index is 9.55. The van der Waals surface area contributed by atoms with E-state index in [0.29, 0.717) is 0 Å². The maximum Gasteiger partial charge on any atom is 0.0540 e. The highest BCUT2D eigenvalue weighted by Crippen LogP contribution is 2.27. The average molecular weight is 247 g/mol. The van der Waals surface area contributed by atoms with Crippen molar-refractivity contribution in [1.82, 2.24) is 0 Å².